The highest BCUT2D eigenvalue weighted by Gasteiger charge is 2.60. The first-order chi connectivity index (χ1) is 14.6. The van der Waals surface area contributed by atoms with E-state index in [2.05, 4.69) is 11.4 Å². The number of Topliss-reactive ketones (excluding diaryl/α,β-unsaturated/α-hetero) is 1. The zero-order valence-corrected chi connectivity index (χ0v) is 16.3. The third kappa shape index (κ3) is 2.59. The molecule has 1 heterocycles. The number of hydrogen-bond donors (Lipinski definition) is 1. The monoisotopic (exact) mass is 392 g/mol. The van der Waals surface area contributed by atoms with E-state index in [4.69, 9.17) is 0 Å². The van der Waals surface area contributed by atoms with Crippen molar-refractivity contribution >= 4 is 17.4 Å². The highest BCUT2D eigenvalue weighted by atomic mass is 16.2. The quantitative estimate of drug-likeness (QED) is 0.688. The Morgan fingerprint density at radius 2 is 1.40 bits per heavy atom. The number of rotatable bonds is 2. The zero-order chi connectivity index (χ0) is 20.7. The summed E-state index contributed by atoms with van der Waals surface area (Å²) in [5, 5.41) is 12.3. The first-order valence-corrected chi connectivity index (χ1v) is 10.1. The Hall–Kier alpha value is -3.71. The van der Waals surface area contributed by atoms with Gasteiger partial charge in [-0.25, -0.2) is 0 Å². The van der Waals surface area contributed by atoms with E-state index in [1.54, 1.807) is 12.1 Å². The second-order valence-corrected chi connectivity index (χ2v) is 8.07. The highest BCUT2D eigenvalue weighted by Crippen LogP contribution is 2.59. The van der Waals surface area contributed by atoms with Crippen molar-refractivity contribution in [3.63, 3.8) is 0 Å². The lowest BCUT2D eigenvalue weighted by molar-refractivity contribution is -0.128. The summed E-state index contributed by atoms with van der Waals surface area (Å²) in [5.74, 6) is -0.468. The van der Waals surface area contributed by atoms with Gasteiger partial charge >= 0.3 is 0 Å². The smallest absolute Gasteiger partial charge is 0.236 e. The van der Waals surface area contributed by atoms with Crippen LogP contribution in [0, 0.1) is 11.3 Å². The maximum Gasteiger partial charge on any atom is 0.236 e. The number of benzene rings is 3. The number of carbonyl (C=O) groups is 2. The van der Waals surface area contributed by atoms with Gasteiger partial charge < -0.3 is 5.32 Å². The predicted octanol–water partition coefficient (Wildman–Crippen LogP) is 4.68. The van der Waals surface area contributed by atoms with Gasteiger partial charge in [0.1, 0.15) is 5.78 Å². The molecule has 3 aromatic carbocycles. The largest absolute Gasteiger partial charge is 0.325 e. The first-order valence-electron chi connectivity index (χ1n) is 10.1. The second kappa shape index (κ2) is 6.96. The minimum atomic E-state index is -0.875. The van der Waals surface area contributed by atoms with E-state index in [9.17, 15) is 14.9 Å². The Morgan fingerprint density at radius 1 is 0.800 bits per heavy atom. The minimum absolute atomic E-state index is 0.0561. The Balaban J connectivity index is 1.78. The molecule has 4 nitrogen and oxygen atoms in total. The van der Waals surface area contributed by atoms with Crippen LogP contribution in [-0.2, 0) is 15.0 Å². The molecule has 3 atom stereocenters. The molecule has 4 heteroatoms. The fourth-order valence-electron chi connectivity index (χ4n) is 5.33. The Bertz CT molecular complexity index is 1180. The fraction of sp³-hybridized carbons (Fsp3) is 0.192. The van der Waals surface area contributed by atoms with Crippen molar-refractivity contribution in [3.05, 3.63) is 101 Å². The van der Waals surface area contributed by atoms with Crippen molar-refractivity contribution in [3.8, 4) is 6.07 Å². The number of carbonyl (C=O) groups excluding carboxylic acids is 2. The third-order valence-electron chi connectivity index (χ3n) is 6.60. The van der Waals surface area contributed by atoms with E-state index in [0.717, 1.165) is 22.4 Å². The molecular weight excluding hydrogens is 372 g/mol. The molecule has 1 aliphatic heterocycles. The van der Waals surface area contributed by atoms with E-state index < -0.39 is 5.41 Å². The molecule has 1 spiro atoms. The molecule has 0 aromatic heterocycles. The van der Waals surface area contributed by atoms with E-state index in [1.165, 1.54) is 0 Å². The molecule has 0 bridgehead atoms. The summed E-state index contributed by atoms with van der Waals surface area (Å²) in [4.78, 5) is 26.7. The number of hydrogen-bond acceptors (Lipinski definition) is 3. The number of para-hydroxylation sites is 1. The molecule has 1 N–H and O–H groups in total. The first kappa shape index (κ1) is 18.3. The van der Waals surface area contributed by atoms with Crippen LogP contribution in [-0.4, -0.2) is 11.7 Å². The van der Waals surface area contributed by atoms with Gasteiger partial charge in [-0.1, -0.05) is 60.7 Å². The van der Waals surface area contributed by atoms with Crippen molar-refractivity contribution in [2.24, 2.45) is 0 Å². The van der Waals surface area contributed by atoms with Crippen LogP contribution in [0.5, 0.6) is 0 Å². The molecule has 0 saturated heterocycles. The normalized spacial score (nSPS) is 24.9. The average molecular weight is 392 g/mol. The number of nitrogens with one attached hydrogen (secondary N) is 1. The van der Waals surface area contributed by atoms with Crippen molar-refractivity contribution in [1.82, 2.24) is 0 Å². The average Bonchev–Trinajstić information content (AvgIpc) is 3.08. The van der Waals surface area contributed by atoms with Gasteiger partial charge in [0, 0.05) is 30.4 Å². The molecular formula is C26H20N2O2. The standard InChI is InChI=1S/C26H20N2O2/c27-16-17-10-12-19(13-11-17)23-15-20(29)14-22(18-6-2-1-3-7-18)26(23)21-8-4-5-9-24(21)28-25(26)30/h1-13,22-23H,14-15H2,(H,28,30)/t22-,23-,26-/m0/s1. The second-order valence-electron chi connectivity index (χ2n) is 8.07. The third-order valence-corrected chi connectivity index (χ3v) is 6.60. The van der Waals surface area contributed by atoms with Gasteiger partial charge in [-0.15, -0.1) is 0 Å². The maximum absolute atomic E-state index is 13.7. The predicted molar refractivity (Wildman–Crippen MR) is 114 cm³/mol. The van der Waals surface area contributed by atoms with Crippen LogP contribution in [0.1, 0.15) is 46.9 Å². The summed E-state index contributed by atoms with van der Waals surface area (Å²) in [6.07, 6.45) is 0.634. The van der Waals surface area contributed by atoms with Crippen LogP contribution in [0.2, 0.25) is 0 Å². The van der Waals surface area contributed by atoms with Gasteiger partial charge in [0.15, 0.2) is 0 Å². The number of anilines is 1. The van der Waals surface area contributed by atoms with E-state index in [0.29, 0.717) is 18.4 Å². The zero-order valence-electron chi connectivity index (χ0n) is 16.3. The fourth-order valence-corrected chi connectivity index (χ4v) is 5.33. The van der Waals surface area contributed by atoms with Crippen LogP contribution in [0.4, 0.5) is 5.69 Å². The molecule has 30 heavy (non-hydrogen) atoms. The lowest BCUT2D eigenvalue weighted by atomic mass is 9.54. The van der Waals surface area contributed by atoms with E-state index in [1.807, 2.05) is 66.7 Å². The van der Waals surface area contributed by atoms with Crippen molar-refractivity contribution in [2.75, 3.05) is 5.32 Å². The van der Waals surface area contributed by atoms with E-state index >= 15 is 0 Å². The van der Waals surface area contributed by atoms with Crippen molar-refractivity contribution < 1.29 is 9.59 Å². The molecule has 1 amide bonds. The molecule has 2 aliphatic rings. The Morgan fingerprint density at radius 3 is 2.07 bits per heavy atom. The molecule has 0 unspecified atom stereocenters. The molecule has 5 rings (SSSR count). The van der Waals surface area contributed by atoms with Crippen LogP contribution in [0.3, 0.4) is 0 Å². The number of ketones is 1. The van der Waals surface area contributed by atoms with Gasteiger partial charge in [-0.3, -0.25) is 9.59 Å². The van der Waals surface area contributed by atoms with Crippen LogP contribution in [0.25, 0.3) is 0 Å². The van der Waals surface area contributed by atoms with Gasteiger partial charge in [0.25, 0.3) is 0 Å². The number of nitrogens with zero attached hydrogens (tertiary/aromatic N) is 1. The number of amides is 1. The maximum atomic E-state index is 13.7. The topological polar surface area (TPSA) is 70.0 Å². The number of fused-ring (bicyclic) bond motifs is 2. The summed E-state index contributed by atoms with van der Waals surface area (Å²) in [7, 11) is 0. The lowest BCUT2D eigenvalue weighted by Gasteiger charge is -2.46. The molecule has 1 saturated carbocycles. The van der Waals surface area contributed by atoms with Crippen molar-refractivity contribution in [1.29, 1.82) is 5.26 Å². The van der Waals surface area contributed by atoms with Gasteiger partial charge in [-0.05, 0) is 34.9 Å². The number of nitriles is 1. The molecule has 1 aliphatic carbocycles. The summed E-state index contributed by atoms with van der Waals surface area (Å²) >= 11 is 0. The Labute approximate surface area is 175 Å². The SMILES string of the molecule is N#Cc1ccc([C@@H]2CC(=O)C[C@@H](c3ccccc3)[C@]23C(=O)Nc2ccccc23)cc1. The lowest BCUT2D eigenvalue weighted by Crippen LogP contribution is -2.50. The molecule has 3 aromatic rings. The van der Waals surface area contributed by atoms with Crippen LogP contribution < -0.4 is 5.32 Å². The highest BCUT2D eigenvalue weighted by molar-refractivity contribution is 6.09. The van der Waals surface area contributed by atoms with E-state index in [-0.39, 0.29) is 23.5 Å². The summed E-state index contributed by atoms with van der Waals surface area (Å²) in [6.45, 7) is 0. The summed E-state index contributed by atoms with van der Waals surface area (Å²) in [5.41, 5.74) is 3.36. The Kier molecular flexibility index (Phi) is 4.25. The van der Waals surface area contributed by atoms with Crippen molar-refractivity contribution in [2.45, 2.75) is 30.1 Å². The minimum Gasteiger partial charge on any atom is -0.325 e. The van der Waals surface area contributed by atoms with Gasteiger partial charge in [0.2, 0.25) is 5.91 Å². The van der Waals surface area contributed by atoms with Gasteiger partial charge in [0.05, 0.1) is 17.0 Å². The van der Waals surface area contributed by atoms with Gasteiger partial charge in [-0.2, -0.15) is 5.26 Å². The summed E-state index contributed by atoms with van der Waals surface area (Å²) < 4.78 is 0. The summed E-state index contributed by atoms with van der Waals surface area (Å²) in [6, 6.07) is 27.1. The molecule has 0 radical (unpaired) electrons. The molecule has 1 fully saturated rings. The molecule has 146 valence electrons. The van der Waals surface area contributed by atoms with Crippen LogP contribution in [0.15, 0.2) is 78.9 Å². The van der Waals surface area contributed by atoms with Crippen LogP contribution >= 0.6 is 0 Å².